The molecule has 0 saturated heterocycles. The Morgan fingerprint density at radius 2 is 2.00 bits per heavy atom. The molecular weight excluding hydrogens is 375 g/mol. The van der Waals surface area contributed by atoms with Crippen molar-refractivity contribution in [3.05, 3.63) is 23.3 Å². The Bertz CT molecular complexity index is 844. The summed E-state index contributed by atoms with van der Waals surface area (Å²) in [5.74, 6) is -1.23. The number of allylic oxidation sites excluding steroid dienone is 3. The van der Waals surface area contributed by atoms with Gasteiger partial charge in [0.2, 0.25) is 0 Å². The lowest BCUT2D eigenvalue weighted by Gasteiger charge is -2.62. The molecule has 4 aliphatic rings. The maximum atomic E-state index is 16.9. The number of Topliss-reactive ketones (excluding diaryl/α,β-unsaturated/α-hetero) is 1. The number of ketones is 2. The van der Waals surface area contributed by atoms with Gasteiger partial charge in [-0.2, -0.15) is 0 Å². The highest BCUT2D eigenvalue weighted by molar-refractivity contribution is 5.99. The average Bonchev–Trinajstić information content (AvgIpc) is 2.98. The van der Waals surface area contributed by atoms with Crippen LogP contribution in [0.15, 0.2) is 23.3 Å². The summed E-state index contributed by atoms with van der Waals surface area (Å²) in [7, 11) is 0. The Kier molecular flexibility index (Phi) is 4.65. The van der Waals surface area contributed by atoms with Gasteiger partial charge in [-0.15, -0.1) is 0 Å². The quantitative estimate of drug-likeness (QED) is 0.731. The highest BCUT2D eigenvalue weighted by Gasteiger charge is 2.70. The second-order valence-electron chi connectivity index (χ2n) is 9.68. The van der Waals surface area contributed by atoms with E-state index in [1.165, 1.54) is 6.92 Å². The SMILES string of the molecule is CC(=O)OCC(=O)C1=CC[C@H]2[C@@H]3CCC4=CC(=O)CC[C@]4(C)[C@@]3(F)C(O)C[C@]12C. The molecule has 0 aromatic heterocycles. The van der Waals surface area contributed by atoms with Crippen LogP contribution in [0.3, 0.4) is 0 Å². The molecule has 0 aromatic carbocycles. The number of hydrogen-bond acceptors (Lipinski definition) is 5. The number of rotatable bonds is 3. The zero-order valence-corrected chi connectivity index (χ0v) is 17.3. The number of aliphatic hydroxyl groups is 1. The van der Waals surface area contributed by atoms with Crippen molar-refractivity contribution >= 4 is 17.5 Å². The lowest BCUT2D eigenvalue weighted by atomic mass is 9.44. The second kappa shape index (κ2) is 6.59. The van der Waals surface area contributed by atoms with Crippen LogP contribution in [0.25, 0.3) is 0 Å². The van der Waals surface area contributed by atoms with Crippen LogP contribution in [-0.4, -0.2) is 41.0 Å². The fourth-order valence-corrected chi connectivity index (χ4v) is 6.82. The van der Waals surface area contributed by atoms with E-state index in [2.05, 4.69) is 0 Å². The third-order valence-corrected chi connectivity index (χ3v) is 8.33. The minimum Gasteiger partial charge on any atom is -0.457 e. The predicted molar refractivity (Wildman–Crippen MR) is 104 cm³/mol. The molecule has 0 amide bonds. The third kappa shape index (κ3) is 2.71. The molecule has 0 aliphatic heterocycles. The first-order valence-corrected chi connectivity index (χ1v) is 10.5. The van der Waals surface area contributed by atoms with Crippen molar-refractivity contribution in [2.45, 2.75) is 71.1 Å². The summed E-state index contributed by atoms with van der Waals surface area (Å²) in [6.07, 6.45) is 4.88. The van der Waals surface area contributed by atoms with Crippen molar-refractivity contribution < 1.29 is 28.6 Å². The maximum absolute atomic E-state index is 16.9. The molecule has 1 N–H and O–H groups in total. The van der Waals surface area contributed by atoms with Crippen LogP contribution in [0, 0.1) is 22.7 Å². The molecule has 2 fully saturated rings. The molecule has 2 saturated carbocycles. The lowest BCUT2D eigenvalue weighted by Crippen LogP contribution is -2.67. The number of halogens is 1. The minimum absolute atomic E-state index is 0.0375. The van der Waals surface area contributed by atoms with Gasteiger partial charge >= 0.3 is 5.97 Å². The molecule has 5 nitrogen and oxygen atoms in total. The molecule has 0 radical (unpaired) electrons. The molecule has 6 heteroatoms. The Labute approximate surface area is 170 Å². The molecule has 158 valence electrons. The van der Waals surface area contributed by atoms with Crippen molar-refractivity contribution in [1.29, 1.82) is 0 Å². The lowest BCUT2D eigenvalue weighted by molar-refractivity contribution is -0.200. The molecule has 29 heavy (non-hydrogen) atoms. The van der Waals surface area contributed by atoms with Gasteiger partial charge in [0.05, 0.1) is 6.10 Å². The van der Waals surface area contributed by atoms with E-state index in [4.69, 9.17) is 4.74 Å². The molecule has 0 heterocycles. The van der Waals surface area contributed by atoms with E-state index >= 15 is 4.39 Å². The van der Waals surface area contributed by atoms with Gasteiger partial charge in [-0.25, -0.2) is 4.39 Å². The molecule has 0 bridgehead atoms. The van der Waals surface area contributed by atoms with Gasteiger partial charge in [0, 0.05) is 35.7 Å². The minimum atomic E-state index is -1.82. The normalized spacial score (nSPS) is 43.5. The van der Waals surface area contributed by atoms with Crippen LogP contribution >= 0.6 is 0 Å². The summed E-state index contributed by atoms with van der Waals surface area (Å²) in [6.45, 7) is 4.73. The van der Waals surface area contributed by atoms with Gasteiger partial charge in [0.1, 0.15) is 5.67 Å². The van der Waals surface area contributed by atoms with Gasteiger partial charge < -0.3 is 9.84 Å². The molecular formula is C23H29FO5. The fraction of sp³-hybridized carbons (Fsp3) is 0.696. The van der Waals surface area contributed by atoms with Crippen LogP contribution in [-0.2, 0) is 19.1 Å². The number of esters is 1. The largest absolute Gasteiger partial charge is 0.457 e. The Balaban J connectivity index is 1.67. The van der Waals surface area contributed by atoms with E-state index in [0.717, 1.165) is 5.57 Å². The number of aliphatic hydroxyl groups excluding tert-OH is 1. The molecule has 4 rings (SSSR count). The van der Waals surface area contributed by atoms with Crippen LogP contribution in [0.2, 0.25) is 0 Å². The topological polar surface area (TPSA) is 80.7 Å². The molecule has 6 atom stereocenters. The number of fused-ring (bicyclic) bond motifs is 5. The molecule has 0 spiro atoms. The standard InChI is InChI=1S/C23H29FO5/c1-13(25)29-12-19(27)18-7-6-16-17-5-4-14-10-15(26)8-9-22(14,3)23(17,24)20(28)11-21(16,18)2/h7,10,16-17,20,28H,4-6,8-9,11-12H2,1-3H3/t16-,17-,20?,21-,22-,23-/m0/s1. The smallest absolute Gasteiger partial charge is 0.303 e. The predicted octanol–water partition coefficient (Wildman–Crippen LogP) is 3.25. The number of alkyl halides is 1. The summed E-state index contributed by atoms with van der Waals surface area (Å²) >= 11 is 0. The zero-order chi connectivity index (χ0) is 21.2. The van der Waals surface area contributed by atoms with Crippen molar-refractivity contribution in [3.63, 3.8) is 0 Å². The summed E-state index contributed by atoms with van der Waals surface area (Å²) in [5.41, 5.74) is -1.93. The van der Waals surface area contributed by atoms with Gasteiger partial charge in [-0.05, 0) is 44.1 Å². The number of hydrogen-bond donors (Lipinski definition) is 1. The fourth-order valence-electron chi connectivity index (χ4n) is 6.82. The van der Waals surface area contributed by atoms with E-state index in [0.29, 0.717) is 37.7 Å². The highest BCUT2D eigenvalue weighted by Crippen LogP contribution is 2.68. The Morgan fingerprint density at radius 1 is 1.28 bits per heavy atom. The van der Waals surface area contributed by atoms with Crippen molar-refractivity contribution in [2.24, 2.45) is 22.7 Å². The monoisotopic (exact) mass is 404 g/mol. The van der Waals surface area contributed by atoms with Crippen LogP contribution in [0.5, 0.6) is 0 Å². The van der Waals surface area contributed by atoms with Crippen molar-refractivity contribution in [2.75, 3.05) is 6.61 Å². The van der Waals surface area contributed by atoms with E-state index < -0.39 is 28.6 Å². The van der Waals surface area contributed by atoms with Crippen molar-refractivity contribution in [3.8, 4) is 0 Å². The molecule has 0 aromatic rings. The maximum Gasteiger partial charge on any atom is 0.303 e. The Morgan fingerprint density at radius 3 is 2.69 bits per heavy atom. The average molecular weight is 404 g/mol. The number of carbonyl (C=O) groups is 3. The first kappa shape index (κ1) is 20.5. The van der Waals surface area contributed by atoms with Gasteiger partial charge in [-0.1, -0.05) is 25.5 Å². The number of ether oxygens (including phenoxy) is 1. The number of carbonyl (C=O) groups excluding carboxylic acids is 3. The van der Waals surface area contributed by atoms with E-state index in [9.17, 15) is 19.5 Å². The first-order valence-electron chi connectivity index (χ1n) is 10.5. The van der Waals surface area contributed by atoms with E-state index in [-0.39, 0.29) is 36.4 Å². The molecule has 1 unspecified atom stereocenters. The van der Waals surface area contributed by atoms with E-state index in [1.807, 2.05) is 19.9 Å². The van der Waals surface area contributed by atoms with Crippen molar-refractivity contribution in [1.82, 2.24) is 0 Å². The van der Waals surface area contributed by atoms with Crippen LogP contribution in [0.4, 0.5) is 4.39 Å². The molecule has 4 aliphatic carbocycles. The third-order valence-electron chi connectivity index (χ3n) is 8.33. The first-order chi connectivity index (χ1) is 13.5. The summed E-state index contributed by atoms with van der Waals surface area (Å²) in [6, 6.07) is 0. The second-order valence-corrected chi connectivity index (χ2v) is 9.68. The summed E-state index contributed by atoms with van der Waals surface area (Å²) < 4.78 is 21.8. The van der Waals surface area contributed by atoms with Gasteiger partial charge in [0.25, 0.3) is 0 Å². The van der Waals surface area contributed by atoms with Gasteiger partial charge in [0.15, 0.2) is 18.2 Å². The highest BCUT2D eigenvalue weighted by atomic mass is 19.1. The Hall–Kier alpha value is -1.82. The summed E-state index contributed by atoms with van der Waals surface area (Å²) in [4.78, 5) is 35.7. The zero-order valence-electron chi connectivity index (χ0n) is 17.3. The van der Waals surface area contributed by atoms with Gasteiger partial charge in [-0.3, -0.25) is 14.4 Å². The van der Waals surface area contributed by atoms with Crippen LogP contribution in [0.1, 0.15) is 59.3 Å². The van der Waals surface area contributed by atoms with E-state index in [1.54, 1.807) is 6.08 Å². The van der Waals surface area contributed by atoms with Crippen LogP contribution < -0.4 is 0 Å². The summed E-state index contributed by atoms with van der Waals surface area (Å²) in [5, 5.41) is 11.2.